The quantitative estimate of drug-likeness (QED) is 0.246. The summed E-state index contributed by atoms with van der Waals surface area (Å²) in [5.41, 5.74) is 0.993. The lowest BCUT2D eigenvalue weighted by Gasteiger charge is -2.18. The zero-order valence-electron chi connectivity index (χ0n) is 16.4. The highest BCUT2D eigenvalue weighted by Crippen LogP contribution is 2.09. The molecule has 1 atom stereocenters. The van der Waals surface area contributed by atoms with Gasteiger partial charge in [-0.3, -0.25) is 0 Å². The fourth-order valence-corrected chi connectivity index (χ4v) is 2.41. The van der Waals surface area contributed by atoms with Gasteiger partial charge in [-0.1, -0.05) is 48.5 Å². The van der Waals surface area contributed by atoms with Crippen LogP contribution in [0.15, 0.2) is 60.7 Å². The number of carboxylic acid groups (broad SMARTS) is 1. The Kier molecular flexibility index (Phi) is 9.67. The topological polar surface area (TPSA) is 126 Å². The molecule has 4 N–H and O–H groups in total. The van der Waals surface area contributed by atoms with E-state index >= 15 is 0 Å². The first-order valence-corrected chi connectivity index (χ1v) is 9.42. The van der Waals surface area contributed by atoms with Crippen LogP contribution in [0.2, 0.25) is 0 Å². The first-order chi connectivity index (χ1) is 14.5. The molecule has 0 aliphatic rings. The Balaban J connectivity index is 1.67. The fourth-order valence-electron chi connectivity index (χ4n) is 2.41. The number of amides is 2. The predicted octanol–water partition coefficient (Wildman–Crippen LogP) is 1.15. The number of hydrogen-bond acceptors (Lipinski definition) is 6. The van der Waals surface area contributed by atoms with E-state index in [-0.39, 0.29) is 19.2 Å². The molecule has 0 saturated heterocycles. The maximum absolute atomic E-state index is 11.8. The number of hydrogen-bond donors (Lipinski definition) is 4. The second-order valence-electron chi connectivity index (χ2n) is 6.26. The van der Waals surface area contributed by atoms with E-state index in [0.29, 0.717) is 25.4 Å². The molecule has 0 aliphatic heterocycles. The molecule has 2 aromatic rings. The minimum atomic E-state index is -1.67. The van der Waals surface area contributed by atoms with Gasteiger partial charge in [0.2, 0.25) is 0 Å². The number of aliphatic carboxylic acids is 1. The summed E-state index contributed by atoms with van der Waals surface area (Å²) >= 11 is 0. The van der Waals surface area contributed by atoms with Gasteiger partial charge in [-0.15, -0.1) is 0 Å². The Labute approximate surface area is 174 Å². The Morgan fingerprint density at radius 3 is 2.23 bits per heavy atom. The van der Waals surface area contributed by atoms with Crippen molar-refractivity contribution in [2.24, 2.45) is 0 Å². The summed E-state index contributed by atoms with van der Waals surface area (Å²) in [5, 5.41) is 17.2. The third-order valence-corrected chi connectivity index (χ3v) is 3.88. The molecular formula is C21H25N3O6. The van der Waals surface area contributed by atoms with Gasteiger partial charge in [0.25, 0.3) is 0 Å². The molecule has 9 heteroatoms. The van der Waals surface area contributed by atoms with Crippen molar-refractivity contribution in [2.75, 3.05) is 26.2 Å². The monoisotopic (exact) mass is 415 g/mol. The maximum atomic E-state index is 11.8. The van der Waals surface area contributed by atoms with Crippen LogP contribution in [0.4, 0.5) is 4.79 Å². The highest BCUT2D eigenvalue weighted by Gasteiger charge is 2.20. The molecule has 0 saturated carbocycles. The van der Waals surface area contributed by atoms with E-state index in [1.54, 1.807) is 24.3 Å². The Morgan fingerprint density at radius 1 is 0.900 bits per heavy atom. The summed E-state index contributed by atoms with van der Waals surface area (Å²) in [5.74, 6) is -2.45. The van der Waals surface area contributed by atoms with Crippen LogP contribution in [0.5, 0.6) is 5.75 Å². The minimum Gasteiger partial charge on any atom is -0.490 e. The number of esters is 1. The van der Waals surface area contributed by atoms with E-state index in [2.05, 4.69) is 16.0 Å². The zero-order valence-corrected chi connectivity index (χ0v) is 16.4. The van der Waals surface area contributed by atoms with Gasteiger partial charge in [-0.25, -0.2) is 14.4 Å². The second kappa shape index (κ2) is 12.8. The van der Waals surface area contributed by atoms with Crippen LogP contribution in [-0.4, -0.2) is 55.4 Å². The molecule has 2 aromatic carbocycles. The average Bonchev–Trinajstić information content (AvgIpc) is 2.76. The van der Waals surface area contributed by atoms with Crippen LogP contribution in [0.1, 0.15) is 5.56 Å². The number of nitrogens with one attached hydrogen (secondary N) is 3. The standard InChI is InChI=1S/C21H25N3O6/c25-19(26)20(27)30-18(15-29-17-9-5-2-6-10-17)14-22-11-12-23-21(28)24-13-16-7-3-1-4-8-16/h1-10,18,22H,11-15H2,(H,25,26)(H2,23,24,28). The number of benzene rings is 2. The molecule has 1 unspecified atom stereocenters. The highest BCUT2D eigenvalue weighted by atomic mass is 16.6. The van der Waals surface area contributed by atoms with Gasteiger partial charge in [0.1, 0.15) is 18.5 Å². The van der Waals surface area contributed by atoms with Crippen LogP contribution in [-0.2, 0) is 20.9 Å². The molecule has 160 valence electrons. The van der Waals surface area contributed by atoms with Crippen LogP contribution < -0.4 is 20.7 Å². The van der Waals surface area contributed by atoms with E-state index in [4.69, 9.17) is 14.6 Å². The second-order valence-corrected chi connectivity index (χ2v) is 6.26. The van der Waals surface area contributed by atoms with Crippen molar-refractivity contribution in [3.05, 3.63) is 66.2 Å². The van der Waals surface area contributed by atoms with E-state index in [1.807, 2.05) is 36.4 Å². The van der Waals surface area contributed by atoms with Crippen molar-refractivity contribution in [1.29, 1.82) is 0 Å². The summed E-state index contributed by atoms with van der Waals surface area (Å²) in [6.07, 6.45) is -0.805. The molecule has 0 heterocycles. The van der Waals surface area contributed by atoms with Crippen molar-refractivity contribution in [3.63, 3.8) is 0 Å². The fraction of sp³-hybridized carbons (Fsp3) is 0.286. The Bertz CT molecular complexity index is 801. The zero-order chi connectivity index (χ0) is 21.6. The van der Waals surface area contributed by atoms with Gasteiger partial charge in [-0.05, 0) is 17.7 Å². The Morgan fingerprint density at radius 2 is 1.57 bits per heavy atom. The van der Waals surface area contributed by atoms with Crippen molar-refractivity contribution in [3.8, 4) is 5.75 Å². The van der Waals surface area contributed by atoms with E-state index < -0.39 is 18.0 Å². The largest absolute Gasteiger partial charge is 0.490 e. The number of rotatable bonds is 11. The summed E-state index contributed by atoms with van der Waals surface area (Å²) in [7, 11) is 0. The third-order valence-electron chi connectivity index (χ3n) is 3.88. The van der Waals surface area contributed by atoms with Crippen LogP contribution in [0.25, 0.3) is 0 Å². The van der Waals surface area contributed by atoms with E-state index in [0.717, 1.165) is 5.56 Å². The van der Waals surface area contributed by atoms with Gasteiger partial charge in [-0.2, -0.15) is 0 Å². The first-order valence-electron chi connectivity index (χ1n) is 9.42. The van der Waals surface area contributed by atoms with Crippen molar-refractivity contribution in [2.45, 2.75) is 12.6 Å². The van der Waals surface area contributed by atoms with Crippen LogP contribution >= 0.6 is 0 Å². The molecule has 2 rings (SSSR count). The number of carbonyl (C=O) groups excluding carboxylic acids is 2. The van der Waals surface area contributed by atoms with Crippen LogP contribution in [0.3, 0.4) is 0 Å². The summed E-state index contributed by atoms with van der Waals surface area (Å²) in [4.78, 5) is 33.9. The van der Waals surface area contributed by atoms with Crippen molar-refractivity contribution < 1.29 is 29.0 Å². The smallest absolute Gasteiger partial charge is 0.417 e. The van der Waals surface area contributed by atoms with E-state index in [1.165, 1.54) is 0 Å². The van der Waals surface area contributed by atoms with Gasteiger partial charge < -0.3 is 30.5 Å². The number of carboxylic acids is 1. The normalized spacial score (nSPS) is 11.2. The minimum absolute atomic E-state index is 0.0129. The molecule has 0 radical (unpaired) electrons. The summed E-state index contributed by atoms with van der Waals surface area (Å²) in [6, 6.07) is 18.1. The third kappa shape index (κ3) is 9.07. The van der Waals surface area contributed by atoms with Crippen molar-refractivity contribution in [1.82, 2.24) is 16.0 Å². The SMILES string of the molecule is O=C(NCCNCC(COc1ccccc1)OC(=O)C(=O)O)NCc1ccccc1. The lowest BCUT2D eigenvalue weighted by molar-refractivity contribution is -0.168. The predicted molar refractivity (Wildman–Crippen MR) is 109 cm³/mol. The molecule has 2 amide bonds. The summed E-state index contributed by atoms with van der Waals surface area (Å²) < 4.78 is 10.5. The van der Waals surface area contributed by atoms with E-state index in [9.17, 15) is 14.4 Å². The van der Waals surface area contributed by atoms with Gasteiger partial charge in [0.05, 0.1) is 0 Å². The van der Waals surface area contributed by atoms with Crippen LogP contribution in [0, 0.1) is 0 Å². The molecule has 0 aliphatic carbocycles. The molecule has 0 spiro atoms. The van der Waals surface area contributed by atoms with Gasteiger partial charge >= 0.3 is 18.0 Å². The van der Waals surface area contributed by atoms with Gasteiger partial charge in [0.15, 0.2) is 0 Å². The lowest BCUT2D eigenvalue weighted by Crippen LogP contribution is -2.42. The molecule has 9 nitrogen and oxygen atoms in total. The number of para-hydroxylation sites is 1. The Hall–Kier alpha value is -3.59. The lowest BCUT2D eigenvalue weighted by atomic mass is 10.2. The molecule has 0 aromatic heterocycles. The number of ether oxygens (including phenoxy) is 2. The average molecular weight is 415 g/mol. The molecule has 0 bridgehead atoms. The van der Waals surface area contributed by atoms with Gasteiger partial charge in [0, 0.05) is 26.2 Å². The first kappa shape index (κ1) is 22.7. The number of urea groups is 1. The molecule has 30 heavy (non-hydrogen) atoms. The number of carbonyl (C=O) groups is 3. The molecular weight excluding hydrogens is 390 g/mol. The van der Waals surface area contributed by atoms with Crippen molar-refractivity contribution >= 4 is 18.0 Å². The molecule has 0 fully saturated rings. The summed E-state index contributed by atoms with van der Waals surface area (Å²) in [6.45, 7) is 1.30. The highest BCUT2D eigenvalue weighted by molar-refractivity contribution is 6.28. The maximum Gasteiger partial charge on any atom is 0.417 e.